The molecule has 0 aliphatic heterocycles. The normalized spacial score (nSPS) is 12.5. The molecule has 6 nitrogen and oxygen atoms in total. The molecule has 2 atom stereocenters. The molecule has 0 aromatic heterocycles. The van der Waals surface area contributed by atoms with Crippen LogP contribution in [0.2, 0.25) is 0 Å². The Morgan fingerprint density at radius 2 is 1.64 bits per heavy atom. The molecule has 6 heteroatoms. The standard InChI is InChI=1S/C22H26N2O4/c1-4-15(3)19(24-20(25)16-10-7-6-8-11-16)21(26)23-18-13-9-12-17(14-18)22(27)28-5-2/h6-15,19H,4-5H2,1-3H3,(H,23,26)(H,24,25). The Morgan fingerprint density at radius 3 is 2.29 bits per heavy atom. The van der Waals surface area contributed by atoms with Gasteiger partial charge in [-0.2, -0.15) is 0 Å². The van der Waals surface area contributed by atoms with Crippen molar-refractivity contribution < 1.29 is 19.1 Å². The van der Waals surface area contributed by atoms with E-state index in [4.69, 9.17) is 4.74 Å². The van der Waals surface area contributed by atoms with E-state index in [-0.39, 0.29) is 24.3 Å². The highest BCUT2D eigenvalue weighted by Crippen LogP contribution is 2.15. The fourth-order valence-corrected chi connectivity index (χ4v) is 2.67. The van der Waals surface area contributed by atoms with Gasteiger partial charge in [-0.25, -0.2) is 4.79 Å². The SMILES string of the molecule is CCOC(=O)c1cccc(NC(=O)C(NC(=O)c2ccccc2)C(C)CC)c1. The molecular weight excluding hydrogens is 356 g/mol. The molecule has 0 bridgehead atoms. The van der Waals surface area contributed by atoms with Gasteiger partial charge in [0.1, 0.15) is 6.04 Å². The van der Waals surface area contributed by atoms with E-state index in [0.29, 0.717) is 16.8 Å². The molecule has 2 rings (SSSR count). The molecule has 2 unspecified atom stereocenters. The van der Waals surface area contributed by atoms with Crippen LogP contribution in [-0.4, -0.2) is 30.4 Å². The molecule has 0 saturated heterocycles. The molecule has 0 radical (unpaired) electrons. The van der Waals surface area contributed by atoms with Crippen LogP contribution in [0.3, 0.4) is 0 Å². The van der Waals surface area contributed by atoms with E-state index >= 15 is 0 Å². The van der Waals surface area contributed by atoms with Crippen LogP contribution < -0.4 is 10.6 Å². The van der Waals surface area contributed by atoms with Crippen LogP contribution in [0.5, 0.6) is 0 Å². The largest absolute Gasteiger partial charge is 0.462 e. The summed E-state index contributed by atoms with van der Waals surface area (Å²) in [7, 11) is 0. The number of nitrogens with one attached hydrogen (secondary N) is 2. The van der Waals surface area contributed by atoms with Crippen molar-refractivity contribution in [1.82, 2.24) is 5.32 Å². The van der Waals surface area contributed by atoms with Gasteiger partial charge in [-0.3, -0.25) is 9.59 Å². The van der Waals surface area contributed by atoms with Crippen LogP contribution in [0.15, 0.2) is 54.6 Å². The van der Waals surface area contributed by atoms with Crippen LogP contribution in [0.1, 0.15) is 47.9 Å². The minimum atomic E-state index is -0.705. The highest BCUT2D eigenvalue weighted by atomic mass is 16.5. The smallest absolute Gasteiger partial charge is 0.338 e. The fraction of sp³-hybridized carbons (Fsp3) is 0.318. The topological polar surface area (TPSA) is 84.5 Å². The second kappa shape index (κ2) is 10.3. The summed E-state index contributed by atoms with van der Waals surface area (Å²) >= 11 is 0. The lowest BCUT2D eigenvalue weighted by molar-refractivity contribution is -0.119. The first kappa shape index (κ1) is 21.2. The Morgan fingerprint density at radius 1 is 0.964 bits per heavy atom. The second-order valence-corrected chi connectivity index (χ2v) is 6.49. The van der Waals surface area contributed by atoms with Crippen molar-refractivity contribution in [1.29, 1.82) is 0 Å². The van der Waals surface area contributed by atoms with E-state index in [0.717, 1.165) is 6.42 Å². The van der Waals surface area contributed by atoms with Crippen LogP contribution in [0.4, 0.5) is 5.69 Å². The highest BCUT2D eigenvalue weighted by Gasteiger charge is 2.26. The lowest BCUT2D eigenvalue weighted by atomic mass is 9.97. The molecule has 0 saturated carbocycles. The Balaban J connectivity index is 2.14. The van der Waals surface area contributed by atoms with Crippen molar-refractivity contribution >= 4 is 23.5 Å². The monoisotopic (exact) mass is 382 g/mol. The summed E-state index contributed by atoms with van der Waals surface area (Å²) in [4.78, 5) is 37.2. The third kappa shape index (κ3) is 5.67. The number of esters is 1. The van der Waals surface area contributed by atoms with Gasteiger partial charge in [0.25, 0.3) is 5.91 Å². The van der Waals surface area contributed by atoms with Gasteiger partial charge in [0.05, 0.1) is 12.2 Å². The van der Waals surface area contributed by atoms with Crippen LogP contribution in [0.25, 0.3) is 0 Å². The Labute approximate surface area is 165 Å². The van der Waals surface area contributed by atoms with Crippen molar-refractivity contribution in [2.75, 3.05) is 11.9 Å². The predicted octanol–water partition coefficient (Wildman–Crippen LogP) is 3.65. The lowest BCUT2D eigenvalue weighted by Crippen LogP contribution is -2.47. The van der Waals surface area contributed by atoms with Crippen LogP contribution in [0, 0.1) is 5.92 Å². The zero-order valence-corrected chi connectivity index (χ0v) is 16.4. The van der Waals surface area contributed by atoms with E-state index in [1.807, 2.05) is 19.9 Å². The predicted molar refractivity (Wildman–Crippen MR) is 108 cm³/mol. The number of ether oxygens (including phenoxy) is 1. The fourth-order valence-electron chi connectivity index (χ4n) is 2.67. The number of carbonyl (C=O) groups is 3. The summed E-state index contributed by atoms with van der Waals surface area (Å²) in [5.74, 6) is -1.16. The van der Waals surface area contributed by atoms with Crippen LogP contribution in [-0.2, 0) is 9.53 Å². The molecular formula is C22H26N2O4. The Kier molecular flexibility index (Phi) is 7.75. The van der Waals surface area contributed by atoms with E-state index in [1.165, 1.54) is 0 Å². The number of hydrogen-bond donors (Lipinski definition) is 2. The molecule has 2 amide bonds. The minimum Gasteiger partial charge on any atom is -0.462 e. The molecule has 0 heterocycles. The van der Waals surface area contributed by atoms with Crippen molar-refractivity contribution in [3.05, 3.63) is 65.7 Å². The summed E-state index contributed by atoms with van der Waals surface area (Å²) in [6.07, 6.45) is 0.718. The minimum absolute atomic E-state index is 0.0686. The van der Waals surface area contributed by atoms with Gasteiger partial charge in [-0.05, 0) is 43.2 Å². The molecule has 0 aliphatic rings. The molecule has 148 valence electrons. The third-order valence-electron chi connectivity index (χ3n) is 4.46. The van der Waals surface area contributed by atoms with Gasteiger partial charge >= 0.3 is 5.97 Å². The number of carbonyl (C=O) groups excluding carboxylic acids is 3. The number of rotatable bonds is 8. The zero-order chi connectivity index (χ0) is 20.5. The quantitative estimate of drug-likeness (QED) is 0.683. The van der Waals surface area contributed by atoms with Crippen molar-refractivity contribution in [3.63, 3.8) is 0 Å². The van der Waals surface area contributed by atoms with E-state index in [1.54, 1.807) is 55.5 Å². The van der Waals surface area contributed by atoms with Gasteiger partial charge < -0.3 is 15.4 Å². The van der Waals surface area contributed by atoms with Gasteiger partial charge in [0.15, 0.2) is 0 Å². The summed E-state index contributed by atoms with van der Waals surface area (Å²) in [5, 5.41) is 5.61. The molecule has 2 aromatic rings. The number of benzene rings is 2. The van der Waals surface area contributed by atoms with Gasteiger partial charge in [-0.15, -0.1) is 0 Å². The maximum Gasteiger partial charge on any atom is 0.338 e. The lowest BCUT2D eigenvalue weighted by Gasteiger charge is -2.23. The van der Waals surface area contributed by atoms with E-state index < -0.39 is 12.0 Å². The molecule has 0 aliphatic carbocycles. The Bertz CT molecular complexity index is 820. The summed E-state index contributed by atoms with van der Waals surface area (Å²) in [6, 6.07) is 14.6. The molecule has 2 N–H and O–H groups in total. The maximum atomic E-state index is 12.8. The molecule has 0 fully saturated rings. The molecule has 0 spiro atoms. The average molecular weight is 382 g/mol. The first-order valence-corrected chi connectivity index (χ1v) is 9.40. The maximum absolute atomic E-state index is 12.8. The van der Waals surface area contributed by atoms with Crippen molar-refractivity contribution in [2.45, 2.75) is 33.2 Å². The first-order chi connectivity index (χ1) is 13.5. The second-order valence-electron chi connectivity index (χ2n) is 6.49. The molecule has 28 heavy (non-hydrogen) atoms. The average Bonchev–Trinajstić information content (AvgIpc) is 2.72. The number of amides is 2. The number of hydrogen-bond acceptors (Lipinski definition) is 4. The third-order valence-corrected chi connectivity index (χ3v) is 4.46. The number of anilines is 1. The summed E-state index contributed by atoms with van der Waals surface area (Å²) in [6.45, 7) is 5.87. The van der Waals surface area contributed by atoms with Crippen LogP contribution >= 0.6 is 0 Å². The van der Waals surface area contributed by atoms with Gasteiger partial charge in [-0.1, -0.05) is 44.5 Å². The zero-order valence-electron chi connectivity index (χ0n) is 16.4. The van der Waals surface area contributed by atoms with Gasteiger partial charge in [0.2, 0.25) is 5.91 Å². The first-order valence-electron chi connectivity index (χ1n) is 9.40. The van der Waals surface area contributed by atoms with E-state index in [9.17, 15) is 14.4 Å². The highest BCUT2D eigenvalue weighted by molar-refractivity contribution is 6.01. The molecule has 2 aromatic carbocycles. The van der Waals surface area contributed by atoms with Crippen molar-refractivity contribution in [3.8, 4) is 0 Å². The Hall–Kier alpha value is -3.15. The van der Waals surface area contributed by atoms with Gasteiger partial charge in [0, 0.05) is 11.3 Å². The van der Waals surface area contributed by atoms with E-state index in [2.05, 4.69) is 10.6 Å². The summed E-state index contributed by atoms with van der Waals surface area (Å²) in [5.41, 5.74) is 1.32. The summed E-state index contributed by atoms with van der Waals surface area (Å²) < 4.78 is 4.98. The van der Waals surface area contributed by atoms with Crippen molar-refractivity contribution in [2.24, 2.45) is 5.92 Å².